The van der Waals surface area contributed by atoms with E-state index in [9.17, 15) is 9.90 Å². The molecule has 1 aromatic carbocycles. The molecule has 0 saturated carbocycles. The third-order valence-electron chi connectivity index (χ3n) is 2.21. The molecule has 0 unspecified atom stereocenters. The van der Waals surface area contributed by atoms with Gasteiger partial charge in [-0.15, -0.1) is 0 Å². The lowest BCUT2D eigenvalue weighted by molar-refractivity contribution is 0.0597. The molecule has 0 bridgehead atoms. The average molecular weight is 319 g/mol. The molecular weight excluding hydrogens is 304 g/mol. The summed E-state index contributed by atoms with van der Waals surface area (Å²) < 4.78 is 15.5. The topological polar surface area (TPSA) is 65.0 Å². The number of benzene rings is 1. The van der Waals surface area contributed by atoms with E-state index in [1.807, 2.05) is 0 Å². The maximum Gasteiger partial charge on any atom is 0.341 e. The van der Waals surface area contributed by atoms with E-state index in [0.29, 0.717) is 23.4 Å². The van der Waals surface area contributed by atoms with E-state index in [2.05, 4.69) is 20.7 Å². The lowest BCUT2D eigenvalue weighted by Gasteiger charge is -2.10. The predicted molar refractivity (Wildman–Crippen MR) is 69.1 cm³/mol. The van der Waals surface area contributed by atoms with E-state index >= 15 is 0 Å². The standard InChI is InChI=1S/C12H15BrO5/c1-16-4-3-5-18-11-7-10(14)8(6-9(11)13)12(15)17-2/h6-7,14H,3-5H2,1-2H3. The van der Waals surface area contributed by atoms with E-state index in [4.69, 9.17) is 9.47 Å². The second-order valence-corrected chi connectivity index (χ2v) is 4.34. The van der Waals surface area contributed by atoms with Gasteiger partial charge in [0, 0.05) is 26.2 Å². The van der Waals surface area contributed by atoms with Crippen LogP contribution in [0.1, 0.15) is 16.8 Å². The van der Waals surface area contributed by atoms with Crippen LogP contribution in [-0.4, -0.2) is 38.5 Å². The highest BCUT2D eigenvalue weighted by Gasteiger charge is 2.15. The Morgan fingerprint density at radius 3 is 2.67 bits per heavy atom. The van der Waals surface area contributed by atoms with Crippen LogP contribution in [0.5, 0.6) is 11.5 Å². The molecule has 1 aromatic rings. The zero-order valence-electron chi connectivity index (χ0n) is 10.2. The van der Waals surface area contributed by atoms with Crippen molar-refractivity contribution in [2.75, 3.05) is 27.4 Å². The molecule has 0 aromatic heterocycles. The van der Waals surface area contributed by atoms with Crippen molar-refractivity contribution in [1.29, 1.82) is 0 Å². The number of methoxy groups -OCH3 is 2. The lowest BCUT2D eigenvalue weighted by Crippen LogP contribution is -2.04. The molecule has 0 aliphatic heterocycles. The van der Waals surface area contributed by atoms with Crippen LogP contribution in [-0.2, 0) is 9.47 Å². The van der Waals surface area contributed by atoms with Crippen LogP contribution >= 0.6 is 15.9 Å². The quantitative estimate of drug-likeness (QED) is 0.644. The number of rotatable bonds is 6. The average Bonchev–Trinajstić information content (AvgIpc) is 2.37. The van der Waals surface area contributed by atoms with Gasteiger partial charge in [-0.25, -0.2) is 4.79 Å². The summed E-state index contributed by atoms with van der Waals surface area (Å²) in [6, 6.07) is 2.84. The van der Waals surface area contributed by atoms with Crippen molar-refractivity contribution < 1.29 is 24.1 Å². The van der Waals surface area contributed by atoms with Gasteiger partial charge in [0.05, 0.1) is 18.2 Å². The van der Waals surface area contributed by atoms with E-state index in [1.54, 1.807) is 7.11 Å². The highest BCUT2D eigenvalue weighted by atomic mass is 79.9. The Morgan fingerprint density at radius 2 is 2.06 bits per heavy atom. The molecule has 18 heavy (non-hydrogen) atoms. The van der Waals surface area contributed by atoms with Crippen molar-refractivity contribution in [2.45, 2.75) is 6.42 Å². The largest absolute Gasteiger partial charge is 0.507 e. The third kappa shape index (κ3) is 3.89. The molecule has 0 atom stereocenters. The highest BCUT2D eigenvalue weighted by Crippen LogP contribution is 2.32. The summed E-state index contributed by atoms with van der Waals surface area (Å²) in [4.78, 5) is 11.3. The summed E-state index contributed by atoms with van der Waals surface area (Å²) in [5.41, 5.74) is 0.0913. The molecule has 1 N–H and O–H groups in total. The second kappa shape index (κ2) is 7.23. The van der Waals surface area contributed by atoms with Gasteiger partial charge in [-0.05, 0) is 22.0 Å². The molecule has 0 aliphatic rings. The van der Waals surface area contributed by atoms with E-state index in [0.717, 1.165) is 6.42 Å². The van der Waals surface area contributed by atoms with Crippen LogP contribution in [0.3, 0.4) is 0 Å². The van der Waals surface area contributed by atoms with Gasteiger partial charge in [-0.3, -0.25) is 0 Å². The minimum Gasteiger partial charge on any atom is -0.507 e. The molecule has 6 heteroatoms. The van der Waals surface area contributed by atoms with Gasteiger partial charge >= 0.3 is 5.97 Å². The number of hydrogen-bond donors (Lipinski definition) is 1. The molecule has 0 saturated heterocycles. The smallest absolute Gasteiger partial charge is 0.341 e. The second-order valence-electron chi connectivity index (χ2n) is 3.49. The van der Waals surface area contributed by atoms with Crippen molar-refractivity contribution in [3.05, 3.63) is 22.2 Å². The summed E-state index contributed by atoms with van der Waals surface area (Å²) in [6.07, 6.45) is 0.739. The minimum atomic E-state index is -0.598. The first-order chi connectivity index (χ1) is 8.60. The fourth-order valence-electron chi connectivity index (χ4n) is 1.31. The molecule has 0 heterocycles. The predicted octanol–water partition coefficient (Wildman–Crippen LogP) is 2.36. The summed E-state index contributed by atoms with van der Waals surface area (Å²) in [5.74, 6) is -0.304. The number of ether oxygens (including phenoxy) is 3. The van der Waals surface area contributed by atoms with E-state index < -0.39 is 5.97 Å². The summed E-state index contributed by atoms with van der Waals surface area (Å²) >= 11 is 3.27. The van der Waals surface area contributed by atoms with Crippen LogP contribution in [0.2, 0.25) is 0 Å². The zero-order chi connectivity index (χ0) is 13.5. The van der Waals surface area contributed by atoms with Gasteiger partial charge in [-0.2, -0.15) is 0 Å². The number of carbonyl (C=O) groups excluding carboxylic acids is 1. The van der Waals surface area contributed by atoms with E-state index in [1.165, 1.54) is 19.2 Å². The van der Waals surface area contributed by atoms with Crippen LogP contribution < -0.4 is 4.74 Å². The Bertz CT molecular complexity index is 419. The fraction of sp³-hybridized carbons (Fsp3) is 0.417. The maximum atomic E-state index is 11.3. The van der Waals surface area contributed by atoms with Crippen molar-refractivity contribution in [1.82, 2.24) is 0 Å². The molecule has 1 rings (SSSR count). The Hall–Kier alpha value is -1.27. The maximum absolute atomic E-state index is 11.3. The SMILES string of the molecule is COCCCOc1cc(O)c(C(=O)OC)cc1Br. The number of phenolic OH excluding ortho intramolecular Hbond substituents is 1. The molecule has 0 aliphatic carbocycles. The molecule has 0 spiro atoms. The molecule has 0 fully saturated rings. The minimum absolute atomic E-state index is 0.0913. The van der Waals surface area contributed by atoms with Crippen molar-refractivity contribution in [3.63, 3.8) is 0 Å². The van der Waals surface area contributed by atoms with Gasteiger partial charge in [0.15, 0.2) is 0 Å². The molecule has 100 valence electrons. The van der Waals surface area contributed by atoms with Gasteiger partial charge in [-0.1, -0.05) is 0 Å². The van der Waals surface area contributed by atoms with E-state index in [-0.39, 0.29) is 11.3 Å². The summed E-state index contributed by atoms with van der Waals surface area (Å²) in [7, 11) is 2.87. The van der Waals surface area contributed by atoms with Crippen LogP contribution in [0, 0.1) is 0 Å². The zero-order valence-corrected chi connectivity index (χ0v) is 11.8. The molecule has 0 radical (unpaired) electrons. The summed E-state index contributed by atoms with van der Waals surface area (Å²) in [6.45, 7) is 1.06. The van der Waals surface area contributed by atoms with Gasteiger partial charge in [0.2, 0.25) is 0 Å². The van der Waals surface area contributed by atoms with Crippen molar-refractivity contribution in [3.8, 4) is 11.5 Å². The van der Waals surface area contributed by atoms with Gasteiger partial charge < -0.3 is 19.3 Å². The third-order valence-corrected chi connectivity index (χ3v) is 2.83. The lowest BCUT2D eigenvalue weighted by atomic mass is 10.2. The Balaban J connectivity index is 2.77. The number of phenols is 1. The number of carbonyl (C=O) groups is 1. The number of hydrogen-bond acceptors (Lipinski definition) is 5. The molecule has 0 amide bonds. The fourth-order valence-corrected chi connectivity index (χ4v) is 1.77. The number of esters is 1. The first kappa shape index (κ1) is 14.8. The summed E-state index contributed by atoms with van der Waals surface area (Å²) in [5, 5.41) is 9.69. The van der Waals surface area contributed by atoms with Crippen LogP contribution in [0.15, 0.2) is 16.6 Å². The van der Waals surface area contributed by atoms with Crippen molar-refractivity contribution in [2.24, 2.45) is 0 Å². The molecular formula is C12H15BrO5. The first-order valence-electron chi connectivity index (χ1n) is 5.32. The van der Waals surface area contributed by atoms with Crippen LogP contribution in [0.4, 0.5) is 0 Å². The molecule has 5 nitrogen and oxygen atoms in total. The Morgan fingerprint density at radius 1 is 1.33 bits per heavy atom. The number of aromatic hydroxyl groups is 1. The Kier molecular flexibility index (Phi) is 5.94. The number of halogens is 1. The van der Waals surface area contributed by atoms with Crippen LogP contribution in [0.25, 0.3) is 0 Å². The van der Waals surface area contributed by atoms with Crippen molar-refractivity contribution >= 4 is 21.9 Å². The Labute approximate surface area is 114 Å². The highest BCUT2D eigenvalue weighted by molar-refractivity contribution is 9.10. The monoisotopic (exact) mass is 318 g/mol. The van der Waals surface area contributed by atoms with Gasteiger partial charge in [0.1, 0.15) is 17.1 Å². The first-order valence-corrected chi connectivity index (χ1v) is 6.12. The van der Waals surface area contributed by atoms with Gasteiger partial charge in [0.25, 0.3) is 0 Å². The normalized spacial score (nSPS) is 10.2.